The van der Waals surface area contributed by atoms with Crippen molar-refractivity contribution in [1.82, 2.24) is 25.2 Å². The number of methoxy groups -OCH3 is 1. The van der Waals surface area contributed by atoms with E-state index in [4.69, 9.17) is 18.4 Å². The highest BCUT2D eigenvalue weighted by Crippen LogP contribution is 2.40. The number of rotatable bonds is 11. The Kier molecular flexibility index (Phi) is 10.8. The first kappa shape index (κ1) is 39.8. The molecule has 290 valence electrons. The van der Waals surface area contributed by atoms with Crippen LogP contribution in [0.3, 0.4) is 0 Å². The third kappa shape index (κ3) is 9.57. The molecule has 0 spiro atoms. The number of aromatic nitrogens is 1. The molecule has 1 aliphatic heterocycles. The maximum Gasteiger partial charge on any atom is 0.408 e. The molecule has 2 saturated carbocycles. The molecule has 0 radical (unpaired) electrons. The van der Waals surface area contributed by atoms with Crippen LogP contribution >= 0.6 is 0 Å². The molecule has 2 heterocycles. The van der Waals surface area contributed by atoms with E-state index in [9.17, 15) is 27.6 Å². The van der Waals surface area contributed by atoms with E-state index >= 15 is 0 Å². The normalized spacial score (nSPS) is 23.2. The number of amides is 4. The van der Waals surface area contributed by atoms with Gasteiger partial charge in [0.05, 0.1) is 19.3 Å². The molecule has 3 N–H and O–H groups in total. The van der Waals surface area contributed by atoms with Crippen molar-refractivity contribution in [1.29, 1.82) is 0 Å². The SMILES string of the molecule is C=C1CC[C@](NC(=O)[C@@H]2C[C@@H](Oc3nccc4cc(OC)ccc34)CN2C(=O)[C@@H](NC(=O)OC(C)(C)C)C(C)(C)C)(C(=O)NS(=O)(=O)OC2(C)CC2)C1. The Hall–Kier alpha value is -4.44. The lowest BCUT2D eigenvalue weighted by Crippen LogP contribution is -2.63. The summed E-state index contributed by atoms with van der Waals surface area (Å²) in [4.78, 5) is 61.4. The Morgan fingerprint density at radius 2 is 1.75 bits per heavy atom. The van der Waals surface area contributed by atoms with E-state index in [-0.39, 0.29) is 31.7 Å². The highest BCUT2D eigenvalue weighted by molar-refractivity contribution is 7.85. The van der Waals surface area contributed by atoms with Crippen LogP contribution in [-0.2, 0) is 33.6 Å². The quantitative estimate of drug-likeness (QED) is 0.280. The van der Waals surface area contributed by atoms with Crippen molar-refractivity contribution in [2.75, 3.05) is 13.7 Å². The molecule has 3 aliphatic rings. The average Bonchev–Trinajstić information content (AvgIpc) is 3.41. The second kappa shape index (κ2) is 14.4. The largest absolute Gasteiger partial charge is 0.497 e. The molecule has 3 fully saturated rings. The van der Waals surface area contributed by atoms with E-state index in [1.165, 1.54) is 4.90 Å². The minimum atomic E-state index is -4.50. The summed E-state index contributed by atoms with van der Waals surface area (Å²) in [7, 11) is -2.93. The monoisotopic (exact) mass is 757 g/mol. The summed E-state index contributed by atoms with van der Waals surface area (Å²) in [6.45, 7) is 16.0. The summed E-state index contributed by atoms with van der Waals surface area (Å²) in [5.41, 5.74) is -3.60. The van der Waals surface area contributed by atoms with Crippen molar-refractivity contribution in [3.05, 3.63) is 42.6 Å². The minimum absolute atomic E-state index is 0.00644. The lowest BCUT2D eigenvalue weighted by Gasteiger charge is -2.36. The Morgan fingerprint density at radius 3 is 2.34 bits per heavy atom. The number of benzene rings is 1. The molecule has 53 heavy (non-hydrogen) atoms. The molecular weight excluding hydrogens is 706 g/mol. The molecule has 5 rings (SSSR count). The van der Waals surface area contributed by atoms with Gasteiger partial charge in [0, 0.05) is 24.4 Å². The first-order chi connectivity index (χ1) is 24.5. The number of pyridine rings is 1. The van der Waals surface area contributed by atoms with Gasteiger partial charge >= 0.3 is 16.4 Å². The zero-order valence-electron chi connectivity index (χ0n) is 31.7. The van der Waals surface area contributed by atoms with E-state index in [1.54, 1.807) is 80.0 Å². The first-order valence-corrected chi connectivity index (χ1v) is 19.1. The van der Waals surface area contributed by atoms with Gasteiger partial charge in [-0.2, -0.15) is 8.42 Å². The summed E-state index contributed by atoms with van der Waals surface area (Å²) in [6, 6.07) is 4.88. The third-order valence-electron chi connectivity index (χ3n) is 9.57. The number of hydrogen-bond donors (Lipinski definition) is 3. The number of fused-ring (bicyclic) bond motifs is 1. The smallest absolute Gasteiger partial charge is 0.408 e. The number of carbonyl (C=O) groups excluding carboxylic acids is 4. The van der Waals surface area contributed by atoms with Crippen LogP contribution in [0.25, 0.3) is 10.8 Å². The van der Waals surface area contributed by atoms with E-state index in [0.29, 0.717) is 36.0 Å². The van der Waals surface area contributed by atoms with Gasteiger partial charge in [-0.25, -0.2) is 18.7 Å². The second-order valence-electron chi connectivity index (χ2n) is 16.5. The fourth-order valence-electron chi connectivity index (χ4n) is 6.55. The topological polar surface area (TPSA) is 192 Å². The fourth-order valence-corrected chi connectivity index (χ4v) is 7.71. The number of carbonyl (C=O) groups is 4. The Labute approximate surface area is 310 Å². The highest BCUT2D eigenvalue weighted by atomic mass is 32.2. The summed E-state index contributed by atoms with van der Waals surface area (Å²) in [5, 5.41) is 6.98. The molecule has 0 unspecified atom stereocenters. The van der Waals surface area contributed by atoms with Crippen LogP contribution in [0.4, 0.5) is 4.79 Å². The van der Waals surface area contributed by atoms with Crippen LogP contribution < -0.4 is 24.8 Å². The number of hydrogen-bond acceptors (Lipinski definition) is 11. The van der Waals surface area contributed by atoms with Gasteiger partial charge in [0.1, 0.15) is 35.1 Å². The zero-order chi connectivity index (χ0) is 39.1. The summed E-state index contributed by atoms with van der Waals surface area (Å²) in [6.07, 6.45) is 1.48. The first-order valence-electron chi connectivity index (χ1n) is 17.7. The lowest BCUT2D eigenvalue weighted by molar-refractivity contribution is -0.143. The van der Waals surface area contributed by atoms with Gasteiger partial charge in [0.25, 0.3) is 5.91 Å². The summed E-state index contributed by atoms with van der Waals surface area (Å²) >= 11 is 0. The molecule has 2 aliphatic carbocycles. The lowest BCUT2D eigenvalue weighted by atomic mass is 9.85. The predicted molar refractivity (Wildman–Crippen MR) is 195 cm³/mol. The Morgan fingerprint density at radius 1 is 1.06 bits per heavy atom. The van der Waals surface area contributed by atoms with E-state index in [2.05, 4.69) is 22.2 Å². The van der Waals surface area contributed by atoms with Gasteiger partial charge in [-0.05, 0) is 88.4 Å². The van der Waals surface area contributed by atoms with Crippen LogP contribution in [-0.4, -0.2) is 90.7 Å². The van der Waals surface area contributed by atoms with Crippen molar-refractivity contribution >= 4 is 44.9 Å². The van der Waals surface area contributed by atoms with Gasteiger partial charge in [0.15, 0.2) is 0 Å². The van der Waals surface area contributed by atoms with Gasteiger partial charge < -0.3 is 29.7 Å². The van der Waals surface area contributed by atoms with Crippen LogP contribution in [0.5, 0.6) is 11.6 Å². The Balaban J connectivity index is 1.45. The van der Waals surface area contributed by atoms with Crippen molar-refractivity contribution in [2.24, 2.45) is 5.41 Å². The molecule has 4 amide bonds. The van der Waals surface area contributed by atoms with Crippen molar-refractivity contribution in [3.63, 3.8) is 0 Å². The van der Waals surface area contributed by atoms with Gasteiger partial charge in [-0.1, -0.05) is 32.9 Å². The molecule has 15 nitrogen and oxygen atoms in total. The number of nitrogens with zero attached hydrogens (tertiary/aromatic N) is 2. The highest BCUT2D eigenvalue weighted by Gasteiger charge is 2.52. The van der Waals surface area contributed by atoms with Gasteiger partial charge in [-0.15, -0.1) is 0 Å². The standard InChI is InChI=1S/C37H51N5O10S/c1-22-12-14-37(20-22,32(45)41-53(47,48)52-36(8)15-16-36)40-29(43)27-19-25(50-30-26-11-10-24(49-9)18-23(26)13-17-38-30)21-42(27)31(44)28(34(2,3)4)39-33(46)51-35(5,6)7/h10-11,13,17-18,25,27-28H,1,12,14-16,19-21H2,2-9H3,(H,39,46)(H,40,43)(H,41,45)/t25-,27+,28-,37-/m1/s1. The number of nitrogens with one attached hydrogen (secondary N) is 3. The van der Waals surface area contributed by atoms with Crippen molar-refractivity contribution < 1.29 is 46.0 Å². The molecule has 2 aromatic rings. The van der Waals surface area contributed by atoms with Crippen molar-refractivity contribution in [2.45, 2.75) is 122 Å². The molecule has 1 aromatic heterocycles. The van der Waals surface area contributed by atoms with E-state index in [0.717, 1.165) is 5.39 Å². The Bertz CT molecular complexity index is 1900. The van der Waals surface area contributed by atoms with Crippen LogP contribution in [0.1, 0.15) is 87.0 Å². The molecule has 1 saturated heterocycles. The predicted octanol–water partition coefficient (Wildman–Crippen LogP) is 4.06. The summed E-state index contributed by atoms with van der Waals surface area (Å²) in [5.74, 6) is -1.33. The number of ether oxygens (including phenoxy) is 3. The zero-order valence-corrected chi connectivity index (χ0v) is 32.5. The molecular formula is C37H51N5O10S. The van der Waals surface area contributed by atoms with Crippen LogP contribution in [0.2, 0.25) is 0 Å². The second-order valence-corrected chi connectivity index (χ2v) is 17.8. The molecule has 0 bridgehead atoms. The molecule has 16 heteroatoms. The van der Waals surface area contributed by atoms with Gasteiger partial charge in [0.2, 0.25) is 17.7 Å². The average molecular weight is 758 g/mol. The maximum absolute atomic E-state index is 14.5. The minimum Gasteiger partial charge on any atom is -0.497 e. The van der Waals surface area contributed by atoms with E-state index < -0.39 is 74.5 Å². The van der Waals surface area contributed by atoms with Crippen LogP contribution in [0.15, 0.2) is 42.6 Å². The maximum atomic E-state index is 14.5. The van der Waals surface area contributed by atoms with Crippen molar-refractivity contribution in [3.8, 4) is 11.6 Å². The van der Waals surface area contributed by atoms with E-state index in [1.807, 2.05) is 10.8 Å². The molecule has 1 aromatic carbocycles. The van der Waals surface area contributed by atoms with Gasteiger partial charge in [-0.3, -0.25) is 14.4 Å². The third-order valence-corrected chi connectivity index (χ3v) is 10.6. The fraction of sp³-hybridized carbons (Fsp3) is 0.595. The summed E-state index contributed by atoms with van der Waals surface area (Å²) < 4.78 is 50.1. The van der Waals surface area contributed by atoms with Crippen LogP contribution in [0, 0.1) is 5.41 Å². The molecule has 4 atom stereocenters. The number of alkyl carbamates (subject to hydrolysis) is 1. The number of likely N-dealkylation sites (tertiary alicyclic amines) is 1.